The summed E-state index contributed by atoms with van der Waals surface area (Å²) in [5.74, 6) is 0.942. The molecular weight excluding hydrogens is 386 g/mol. The van der Waals surface area contributed by atoms with Crippen molar-refractivity contribution in [2.75, 3.05) is 7.11 Å². The van der Waals surface area contributed by atoms with Crippen molar-refractivity contribution in [2.24, 2.45) is 0 Å². The molecule has 31 heavy (non-hydrogen) atoms. The van der Waals surface area contributed by atoms with Crippen LogP contribution in [0.5, 0.6) is 5.75 Å². The normalized spacial score (nSPS) is 11.6. The van der Waals surface area contributed by atoms with Crippen molar-refractivity contribution >= 4 is 5.97 Å². The van der Waals surface area contributed by atoms with Gasteiger partial charge in [-0.2, -0.15) is 0 Å². The van der Waals surface area contributed by atoms with Gasteiger partial charge in [0.1, 0.15) is 11.4 Å². The number of hydrogen-bond acceptors (Lipinski definition) is 3. The number of rotatable bonds is 5. The number of esters is 1. The maximum Gasteiger partial charge on any atom is 0.341 e. The molecule has 0 unspecified atom stereocenters. The third kappa shape index (κ3) is 4.68. The fourth-order valence-corrected chi connectivity index (χ4v) is 3.92. The molecular formula is C27H33NO3. The molecule has 0 aliphatic rings. The smallest absolute Gasteiger partial charge is 0.341 e. The van der Waals surface area contributed by atoms with E-state index in [4.69, 9.17) is 9.47 Å². The Morgan fingerprint density at radius 3 is 1.97 bits per heavy atom. The first-order valence-corrected chi connectivity index (χ1v) is 10.7. The van der Waals surface area contributed by atoms with Gasteiger partial charge in [-0.05, 0) is 75.9 Å². The fraction of sp³-hybridized carbons (Fsp3) is 0.370. The first kappa shape index (κ1) is 22.7. The Hall–Kier alpha value is -3.01. The molecule has 4 nitrogen and oxygen atoms in total. The molecule has 0 bridgehead atoms. The lowest BCUT2D eigenvalue weighted by Crippen LogP contribution is -2.24. The SMILES string of the molecule is COc1ccc(-n2c(C)c(C(=O)OC(C)(C)C)c(-c3ccc(C(C)C)cc3)c2C)cc1. The van der Waals surface area contributed by atoms with Gasteiger partial charge in [-0.1, -0.05) is 38.1 Å². The van der Waals surface area contributed by atoms with Crippen LogP contribution in [-0.4, -0.2) is 23.2 Å². The quantitative estimate of drug-likeness (QED) is 0.425. The zero-order valence-corrected chi connectivity index (χ0v) is 19.9. The number of benzene rings is 2. The highest BCUT2D eigenvalue weighted by Gasteiger charge is 2.28. The Morgan fingerprint density at radius 2 is 1.48 bits per heavy atom. The van der Waals surface area contributed by atoms with Gasteiger partial charge in [-0.15, -0.1) is 0 Å². The second-order valence-corrected chi connectivity index (χ2v) is 9.23. The van der Waals surface area contributed by atoms with Crippen molar-refractivity contribution in [3.05, 3.63) is 71.0 Å². The number of methoxy groups -OCH3 is 1. The third-order valence-corrected chi connectivity index (χ3v) is 5.44. The van der Waals surface area contributed by atoms with Gasteiger partial charge < -0.3 is 14.0 Å². The molecule has 1 heterocycles. The standard InChI is InChI=1S/C27H33NO3/c1-17(2)20-9-11-21(12-10-20)24-18(3)28(22-13-15-23(30-8)16-14-22)19(4)25(24)26(29)31-27(5,6)7/h9-17H,1-8H3. The first-order valence-electron chi connectivity index (χ1n) is 10.7. The van der Waals surface area contributed by atoms with Crippen LogP contribution in [0.1, 0.15) is 67.8 Å². The lowest BCUT2D eigenvalue weighted by atomic mass is 9.96. The summed E-state index contributed by atoms with van der Waals surface area (Å²) in [7, 11) is 1.65. The largest absolute Gasteiger partial charge is 0.497 e. The van der Waals surface area contributed by atoms with Gasteiger partial charge in [0.2, 0.25) is 0 Å². The van der Waals surface area contributed by atoms with E-state index in [0.29, 0.717) is 11.5 Å². The molecule has 3 rings (SSSR count). The predicted octanol–water partition coefficient (Wildman–Crippen LogP) is 6.85. The summed E-state index contributed by atoms with van der Waals surface area (Å²) in [4.78, 5) is 13.3. The van der Waals surface area contributed by atoms with E-state index in [2.05, 4.69) is 49.6 Å². The van der Waals surface area contributed by atoms with E-state index in [1.807, 2.05) is 52.0 Å². The monoisotopic (exact) mass is 419 g/mol. The van der Waals surface area contributed by atoms with E-state index in [1.165, 1.54) is 5.56 Å². The van der Waals surface area contributed by atoms with Gasteiger partial charge in [0.25, 0.3) is 0 Å². The van der Waals surface area contributed by atoms with Crippen LogP contribution in [0.15, 0.2) is 48.5 Å². The molecule has 3 aromatic rings. The summed E-state index contributed by atoms with van der Waals surface area (Å²) in [5.41, 5.74) is 6.08. The van der Waals surface area contributed by atoms with Crippen molar-refractivity contribution in [2.45, 2.75) is 60.0 Å². The summed E-state index contributed by atoms with van der Waals surface area (Å²) in [6, 6.07) is 16.3. The highest BCUT2D eigenvalue weighted by Crippen LogP contribution is 2.36. The van der Waals surface area contributed by atoms with Crippen LogP contribution in [0.25, 0.3) is 16.8 Å². The molecule has 0 saturated heterocycles. The van der Waals surface area contributed by atoms with Gasteiger partial charge >= 0.3 is 5.97 Å². The number of carbonyl (C=O) groups excluding carboxylic acids is 1. The summed E-state index contributed by atoms with van der Waals surface area (Å²) >= 11 is 0. The van der Waals surface area contributed by atoms with E-state index in [9.17, 15) is 4.79 Å². The molecule has 0 aliphatic carbocycles. The van der Waals surface area contributed by atoms with Gasteiger partial charge in [0, 0.05) is 22.6 Å². The van der Waals surface area contributed by atoms with Crippen LogP contribution in [-0.2, 0) is 4.74 Å². The van der Waals surface area contributed by atoms with E-state index in [-0.39, 0.29) is 5.97 Å². The van der Waals surface area contributed by atoms with Gasteiger partial charge in [-0.3, -0.25) is 0 Å². The second kappa shape index (κ2) is 8.62. The van der Waals surface area contributed by atoms with Gasteiger partial charge in [0.15, 0.2) is 0 Å². The number of hydrogen-bond donors (Lipinski definition) is 0. The minimum atomic E-state index is -0.571. The predicted molar refractivity (Wildman–Crippen MR) is 126 cm³/mol. The van der Waals surface area contributed by atoms with Crippen molar-refractivity contribution in [1.82, 2.24) is 4.57 Å². The molecule has 0 atom stereocenters. The lowest BCUT2D eigenvalue weighted by Gasteiger charge is -2.20. The molecule has 0 N–H and O–H groups in total. The molecule has 0 aliphatic heterocycles. The minimum Gasteiger partial charge on any atom is -0.497 e. The van der Waals surface area contributed by atoms with E-state index in [1.54, 1.807) is 7.11 Å². The Balaban J connectivity index is 2.22. The molecule has 0 amide bonds. The molecule has 0 radical (unpaired) electrons. The molecule has 2 aromatic carbocycles. The van der Waals surface area contributed by atoms with E-state index >= 15 is 0 Å². The number of nitrogens with zero attached hydrogens (tertiary/aromatic N) is 1. The molecule has 0 spiro atoms. The summed E-state index contributed by atoms with van der Waals surface area (Å²) in [6.07, 6.45) is 0. The Morgan fingerprint density at radius 1 is 0.903 bits per heavy atom. The van der Waals surface area contributed by atoms with Crippen LogP contribution in [0.3, 0.4) is 0 Å². The molecule has 4 heteroatoms. The molecule has 0 fully saturated rings. The maximum atomic E-state index is 13.3. The summed E-state index contributed by atoms with van der Waals surface area (Å²) in [5, 5.41) is 0. The number of carbonyl (C=O) groups is 1. The van der Waals surface area contributed by atoms with Crippen LogP contribution >= 0.6 is 0 Å². The van der Waals surface area contributed by atoms with Crippen molar-refractivity contribution < 1.29 is 14.3 Å². The fourth-order valence-electron chi connectivity index (χ4n) is 3.92. The Labute approximate surface area is 185 Å². The topological polar surface area (TPSA) is 40.5 Å². The second-order valence-electron chi connectivity index (χ2n) is 9.23. The minimum absolute atomic E-state index is 0.303. The third-order valence-electron chi connectivity index (χ3n) is 5.44. The average molecular weight is 420 g/mol. The van der Waals surface area contributed by atoms with Crippen LogP contribution in [0.4, 0.5) is 0 Å². The number of ether oxygens (including phenoxy) is 2. The highest BCUT2D eigenvalue weighted by atomic mass is 16.6. The molecule has 0 saturated carbocycles. The maximum absolute atomic E-state index is 13.3. The molecule has 1 aromatic heterocycles. The Bertz CT molecular complexity index is 1070. The van der Waals surface area contributed by atoms with Gasteiger partial charge in [0.05, 0.1) is 12.7 Å². The summed E-state index contributed by atoms with van der Waals surface area (Å²) < 4.78 is 13.2. The Kier molecular flexibility index (Phi) is 6.30. The summed E-state index contributed by atoms with van der Waals surface area (Å²) in [6.45, 7) is 14.1. The van der Waals surface area contributed by atoms with E-state index in [0.717, 1.165) is 34.0 Å². The van der Waals surface area contributed by atoms with Crippen LogP contribution in [0.2, 0.25) is 0 Å². The first-order chi connectivity index (χ1) is 14.5. The zero-order chi connectivity index (χ0) is 22.9. The van der Waals surface area contributed by atoms with Crippen molar-refractivity contribution in [1.29, 1.82) is 0 Å². The average Bonchev–Trinajstić information content (AvgIpc) is 2.97. The zero-order valence-electron chi connectivity index (χ0n) is 19.9. The lowest BCUT2D eigenvalue weighted by molar-refractivity contribution is 0.00696. The van der Waals surface area contributed by atoms with Crippen molar-refractivity contribution in [3.63, 3.8) is 0 Å². The number of aromatic nitrogens is 1. The van der Waals surface area contributed by atoms with Gasteiger partial charge in [-0.25, -0.2) is 4.79 Å². The van der Waals surface area contributed by atoms with Crippen LogP contribution in [0, 0.1) is 13.8 Å². The highest BCUT2D eigenvalue weighted by molar-refractivity contribution is 6.00. The van der Waals surface area contributed by atoms with Crippen LogP contribution < -0.4 is 4.74 Å². The van der Waals surface area contributed by atoms with Crippen molar-refractivity contribution in [3.8, 4) is 22.6 Å². The molecule has 164 valence electrons. The van der Waals surface area contributed by atoms with E-state index < -0.39 is 5.60 Å².